The number of anilines is 2. The summed E-state index contributed by atoms with van der Waals surface area (Å²) < 4.78 is 29.0. The molecule has 8 nitrogen and oxygen atoms in total. The van der Waals surface area contributed by atoms with E-state index in [1.54, 1.807) is 44.2 Å². The molecule has 2 amide bonds. The van der Waals surface area contributed by atoms with Crippen molar-refractivity contribution in [3.8, 4) is 0 Å². The largest absolute Gasteiger partial charge is 0.356 e. The number of amides is 2. The molecule has 0 aliphatic carbocycles. The fraction of sp³-hybridized carbons (Fsp3) is 0.440. The predicted molar refractivity (Wildman–Crippen MR) is 137 cm³/mol. The topological polar surface area (TPSA) is 108 Å². The molecule has 2 aliphatic rings. The van der Waals surface area contributed by atoms with Crippen LogP contribution in [0.3, 0.4) is 0 Å². The average Bonchev–Trinajstić information content (AvgIpc) is 2.82. The van der Waals surface area contributed by atoms with Gasteiger partial charge in [0.15, 0.2) is 0 Å². The molecule has 0 spiro atoms. The molecule has 3 N–H and O–H groups in total. The van der Waals surface area contributed by atoms with Crippen LogP contribution >= 0.6 is 11.6 Å². The Balaban J connectivity index is 1.61. The van der Waals surface area contributed by atoms with Gasteiger partial charge in [-0.3, -0.25) is 13.9 Å². The number of fused-ring (bicyclic) bond motifs is 1. The number of aryl methyl sites for hydroxylation is 2. The van der Waals surface area contributed by atoms with E-state index in [4.69, 9.17) is 11.6 Å². The summed E-state index contributed by atoms with van der Waals surface area (Å²) >= 11 is 6.20. The second kappa shape index (κ2) is 10.6. The molecule has 10 heteroatoms. The molecule has 0 saturated carbocycles. The summed E-state index contributed by atoms with van der Waals surface area (Å²) in [6.45, 7) is 5.85. The van der Waals surface area contributed by atoms with Crippen LogP contribution in [0.4, 0.5) is 11.4 Å². The molecule has 1 saturated heterocycles. The van der Waals surface area contributed by atoms with Gasteiger partial charge in [0, 0.05) is 11.6 Å². The van der Waals surface area contributed by atoms with E-state index < -0.39 is 22.0 Å². The third-order valence-electron chi connectivity index (χ3n) is 6.69. The maximum Gasteiger partial charge on any atom is 0.265 e. The first kappa shape index (κ1) is 25.5. The standard InChI is InChI=1S/C25H31ClN4O4S/c1-16-14-23(17(2)13-19(16)26)35(33,34)30-21-6-4-3-5-20(21)29-25(32)22(30)15-24(31)28-12-9-18-7-10-27-11-8-18/h3-6,13-14,18,22,27H,7-12,15H2,1-2H3,(H,28,31)(H,29,32)/t22-/m1/s1. The van der Waals surface area contributed by atoms with Crippen LogP contribution in [0.1, 0.15) is 36.8 Å². The molecule has 1 atom stereocenters. The number of rotatable bonds is 7. The van der Waals surface area contributed by atoms with Gasteiger partial charge < -0.3 is 16.0 Å². The number of sulfonamides is 1. The van der Waals surface area contributed by atoms with Crippen LogP contribution in [0.5, 0.6) is 0 Å². The van der Waals surface area contributed by atoms with Gasteiger partial charge in [-0.15, -0.1) is 0 Å². The molecule has 2 aliphatic heterocycles. The molecule has 0 aromatic heterocycles. The zero-order valence-electron chi connectivity index (χ0n) is 19.9. The lowest BCUT2D eigenvalue weighted by Gasteiger charge is -2.37. The molecule has 2 heterocycles. The highest BCUT2D eigenvalue weighted by atomic mass is 35.5. The number of piperidine rings is 1. The summed E-state index contributed by atoms with van der Waals surface area (Å²) in [5, 5.41) is 9.43. The minimum Gasteiger partial charge on any atom is -0.356 e. The van der Waals surface area contributed by atoms with E-state index in [0.29, 0.717) is 40.0 Å². The first-order valence-corrected chi connectivity index (χ1v) is 13.7. The third-order valence-corrected chi connectivity index (χ3v) is 9.06. The number of carbonyl (C=O) groups excluding carboxylic acids is 2. The predicted octanol–water partition coefficient (Wildman–Crippen LogP) is 3.37. The van der Waals surface area contributed by atoms with Crippen LogP contribution in [-0.4, -0.2) is 45.9 Å². The van der Waals surface area contributed by atoms with E-state index >= 15 is 0 Å². The summed E-state index contributed by atoms with van der Waals surface area (Å²) in [5.74, 6) is -0.346. The molecule has 0 bridgehead atoms. The highest BCUT2D eigenvalue weighted by Gasteiger charge is 2.42. The van der Waals surface area contributed by atoms with Crippen molar-refractivity contribution in [2.75, 3.05) is 29.3 Å². The van der Waals surface area contributed by atoms with Gasteiger partial charge in [-0.25, -0.2) is 8.42 Å². The smallest absolute Gasteiger partial charge is 0.265 e. The van der Waals surface area contributed by atoms with Crippen molar-refractivity contribution in [3.63, 3.8) is 0 Å². The molecular weight excluding hydrogens is 488 g/mol. The highest BCUT2D eigenvalue weighted by molar-refractivity contribution is 7.93. The van der Waals surface area contributed by atoms with E-state index in [1.807, 2.05) is 0 Å². The van der Waals surface area contributed by atoms with Crippen molar-refractivity contribution in [2.24, 2.45) is 5.92 Å². The summed E-state index contributed by atoms with van der Waals surface area (Å²) in [5.41, 5.74) is 1.78. The van der Waals surface area contributed by atoms with E-state index in [0.717, 1.165) is 36.7 Å². The van der Waals surface area contributed by atoms with Crippen molar-refractivity contribution in [1.29, 1.82) is 0 Å². The van der Waals surface area contributed by atoms with Gasteiger partial charge in [-0.2, -0.15) is 0 Å². The first-order chi connectivity index (χ1) is 16.7. The Morgan fingerprint density at radius 2 is 1.86 bits per heavy atom. The fourth-order valence-electron chi connectivity index (χ4n) is 4.71. The average molecular weight is 519 g/mol. The first-order valence-electron chi connectivity index (χ1n) is 11.9. The van der Waals surface area contributed by atoms with Crippen LogP contribution < -0.4 is 20.3 Å². The maximum absolute atomic E-state index is 14.0. The number of nitrogens with one attached hydrogen (secondary N) is 3. The van der Waals surface area contributed by atoms with Crippen molar-refractivity contribution >= 4 is 44.8 Å². The number of hydrogen-bond donors (Lipinski definition) is 3. The van der Waals surface area contributed by atoms with Gasteiger partial charge in [-0.1, -0.05) is 23.7 Å². The molecule has 0 unspecified atom stereocenters. The minimum atomic E-state index is -4.18. The maximum atomic E-state index is 14.0. The molecule has 35 heavy (non-hydrogen) atoms. The van der Waals surface area contributed by atoms with Gasteiger partial charge in [0.2, 0.25) is 11.8 Å². The van der Waals surface area contributed by atoms with Crippen LogP contribution in [0.15, 0.2) is 41.3 Å². The number of nitrogens with zero attached hydrogens (tertiary/aromatic N) is 1. The van der Waals surface area contributed by atoms with Gasteiger partial charge in [0.25, 0.3) is 10.0 Å². The highest BCUT2D eigenvalue weighted by Crippen LogP contribution is 2.38. The summed E-state index contributed by atoms with van der Waals surface area (Å²) in [4.78, 5) is 26.0. The van der Waals surface area contributed by atoms with Crippen LogP contribution in [0.25, 0.3) is 0 Å². The van der Waals surface area contributed by atoms with Crippen molar-refractivity contribution in [2.45, 2.75) is 50.5 Å². The zero-order chi connectivity index (χ0) is 25.2. The monoisotopic (exact) mass is 518 g/mol. The Morgan fingerprint density at radius 1 is 1.14 bits per heavy atom. The molecule has 1 fully saturated rings. The minimum absolute atomic E-state index is 0.0558. The molecule has 0 radical (unpaired) electrons. The Hall–Kier alpha value is -2.62. The molecule has 2 aromatic carbocycles. The van der Waals surface area contributed by atoms with Gasteiger partial charge in [-0.05, 0) is 87.5 Å². The lowest BCUT2D eigenvalue weighted by molar-refractivity contribution is -0.125. The Labute approximate surface area is 211 Å². The Kier molecular flexibility index (Phi) is 7.68. The van der Waals surface area contributed by atoms with E-state index in [1.165, 1.54) is 6.07 Å². The van der Waals surface area contributed by atoms with E-state index in [9.17, 15) is 18.0 Å². The lowest BCUT2D eigenvalue weighted by Crippen LogP contribution is -2.53. The molecule has 2 aromatic rings. The normalized spacial score (nSPS) is 18.7. The Morgan fingerprint density at radius 3 is 2.60 bits per heavy atom. The van der Waals surface area contributed by atoms with Crippen LogP contribution in [0, 0.1) is 19.8 Å². The van der Waals surface area contributed by atoms with E-state index in [2.05, 4.69) is 16.0 Å². The lowest BCUT2D eigenvalue weighted by atomic mass is 9.95. The fourth-order valence-corrected chi connectivity index (χ4v) is 6.85. The SMILES string of the molecule is Cc1cc(S(=O)(=O)N2c3ccccc3NC(=O)[C@H]2CC(=O)NCCC2CCNCC2)c(C)cc1Cl. The number of halogens is 1. The van der Waals surface area contributed by atoms with Crippen molar-refractivity contribution < 1.29 is 18.0 Å². The summed E-state index contributed by atoms with van der Waals surface area (Å²) in [6, 6.07) is 8.59. The van der Waals surface area contributed by atoms with Gasteiger partial charge in [0.1, 0.15) is 6.04 Å². The number of para-hydroxylation sites is 2. The van der Waals surface area contributed by atoms with Crippen LogP contribution in [0.2, 0.25) is 5.02 Å². The number of benzene rings is 2. The number of carbonyl (C=O) groups is 2. The van der Waals surface area contributed by atoms with Gasteiger partial charge >= 0.3 is 0 Å². The zero-order valence-corrected chi connectivity index (χ0v) is 21.5. The second-order valence-corrected chi connectivity index (χ2v) is 11.4. The molecule has 4 rings (SSSR count). The summed E-state index contributed by atoms with van der Waals surface area (Å²) in [6.07, 6.45) is 2.72. The van der Waals surface area contributed by atoms with Crippen molar-refractivity contribution in [1.82, 2.24) is 10.6 Å². The molecule has 188 valence electrons. The van der Waals surface area contributed by atoms with E-state index in [-0.39, 0.29) is 17.2 Å². The molecular formula is C25H31ClN4O4S. The third kappa shape index (κ3) is 5.47. The Bertz CT molecular complexity index is 1230. The van der Waals surface area contributed by atoms with Crippen LogP contribution in [-0.2, 0) is 19.6 Å². The second-order valence-electron chi connectivity index (χ2n) is 9.23. The quantitative estimate of drug-likeness (QED) is 0.521. The number of hydrogen-bond acceptors (Lipinski definition) is 5. The van der Waals surface area contributed by atoms with Gasteiger partial charge in [0.05, 0.1) is 22.7 Å². The summed E-state index contributed by atoms with van der Waals surface area (Å²) in [7, 11) is -4.18. The van der Waals surface area contributed by atoms with Crippen molar-refractivity contribution in [3.05, 3.63) is 52.5 Å².